The lowest BCUT2D eigenvalue weighted by Gasteiger charge is -2.07. The van der Waals surface area contributed by atoms with Crippen LogP contribution in [0.4, 0.5) is 16.0 Å². The summed E-state index contributed by atoms with van der Waals surface area (Å²) in [5.41, 5.74) is 1.67. The fourth-order valence-electron chi connectivity index (χ4n) is 1.28. The Kier molecular flexibility index (Phi) is 4.05. The number of halogens is 2. The van der Waals surface area contributed by atoms with Crippen LogP contribution in [0.1, 0.15) is 0 Å². The van der Waals surface area contributed by atoms with Crippen LogP contribution >= 0.6 is 15.9 Å². The van der Waals surface area contributed by atoms with E-state index in [1.165, 1.54) is 12.1 Å². The van der Waals surface area contributed by atoms with Crippen LogP contribution in [-0.2, 0) is 0 Å². The lowest BCUT2D eigenvalue weighted by molar-refractivity contribution is -0.386. The van der Waals surface area contributed by atoms with Gasteiger partial charge in [-0.25, -0.2) is 15.2 Å². The van der Waals surface area contributed by atoms with Crippen molar-refractivity contribution in [2.24, 2.45) is 5.84 Å². The van der Waals surface area contributed by atoms with Gasteiger partial charge in [0, 0.05) is 6.07 Å². The quantitative estimate of drug-likeness (QED) is 0.497. The first kappa shape index (κ1) is 14.1. The molecule has 0 unspecified atom stereocenters. The smallest absolute Gasteiger partial charge is 0.349 e. The summed E-state index contributed by atoms with van der Waals surface area (Å²) < 4.78 is 18.8. The van der Waals surface area contributed by atoms with Crippen LogP contribution in [0.2, 0.25) is 0 Å². The number of benzene rings is 1. The molecule has 0 aliphatic rings. The van der Waals surface area contributed by atoms with E-state index in [-0.39, 0.29) is 22.1 Å². The molecule has 20 heavy (non-hydrogen) atoms. The highest BCUT2D eigenvalue weighted by Gasteiger charge is 2.20. The molecule has 1 aromatic heterocycles. The first-order chi connectivity index (χ1) is 9.51. The van der Waals surface area contributed by atoms with Crippen LogP contribution in [0.5, 0.6) is 11.6 Å². The van der Waals surface area contributed by atoms with Gasteiger partial charge in [0.15, 0.2) is 0 Å². The maximum atomic E-state index is 13.4. The Bertz CT molecular complexity index is 669. The van der Waals surface area contributed by atoms with Crippen LogP contribution in [0.3, 0.4) is 0 Å². The molecule has 10 heteroatoms. The third-order valence-corrected chi connectivity index (χ3v) is 2.81. The number of hydrazine groups is 1. The average Bonchev–Trinajstić information content (AvgIpc) is 2.42. The van der Waals surface area contributed by atoms with Crippen LogP contribution in [0.15, 0.2) is 28.9 Å². The number of nitrogen functional groups attached to an aromatic ring is 1. The van der Waals surface area contributed by atoms with Crippen LogP contribution < -0.4 is 16.0 Å². The molecule has 2 rings (SSSR count). The van der Waals surface area contributed by atoms with Crippen molar-refractivity contribution >= 4 is 27.6 Å². The lowest BCUT2D eigenvalue weighted by atomic mass is 10.3. The topological polar surface area (TPSA) is 116 Å². The molecule has 0 saturated carbocycles. The van der Waals surface area contributed by atoms with Gasteiger partial charge in [-0.15, -0.1) is 0 Å². The predicted octanol–water partition coefficient (Wildman–Crippen LogP) is 2.36. The Hall–Kier alpha value is -2.33. The Morgan fingerprint density at radius 2 is 2.25 bits per heavy atom. The van der Waals surface area contributed by atoms with Gasteiger partial charge in [0.25, 0.3) is 0 Å². The zero-order chi connectivity index (χ0) is 14.7. The van der Waals surface area contributed by atoms with Crippen molar-refractivity contribution in [2.45, 2.75) is 0 Å². The van der Waals surface area contributed by atoms with E-state index in [0.717, 1.165) is 12.3 Å². The van der Waals surface area contributed by atoms with Gasteiger partial charge in [0.05, 0.1) is 9.40 Å². The number of rotatable bonds is 4. The second kappa shape index (κ2) is 5.75. The maximum Gasteiger partial charge on any atom is 0.349 e. The molecule has 8 nitrogen and oxygen atoms in total. The minimum Gasteiger partial charge on any atom is -0.433 e. The summed E-state index contributed by atoms with van der Waals surface area (Å²) in [7, 11) is 0. The van der Waals surface area contributed by atoms with Gasteiger partial charge >= 0.3 is 11.6 Å². The van der Waals surface area contributed by atoms with Crippen molar-refractivity contribution < 1.29 is 14.1 Å². The highest BCUT2D eigenvalue weighted by molar-refractivity contribution is 9.10. The van der Waals surface area contributed by atoms with Crippen LogP contribution in [0, 0.1) is 15.9 Å². The fraction of sp³-hybridized carbons (Fsp3) is 0. The average molecular weight is 344 g/mol. The summed E-state index contributed by atoms with van der Waals surface area (Å²) in [6.07, 6.45) is 0.937. The Balaban J connectivity index is 2.40. The number of nitrogens with zero attached hydrogens (tertiary/aromatic N) is 3. The summed E-state index contributed by atoms with van der Waals surface area (Å²) in [4.78, 5) is 17.4. The van der Waals surface area contributed by atoms with Gasteiger partial charge in [-0.05, 0) is 28.1 Å². The molecule has 0 atom stereocenters. The molecule has 104 valence electrons. The summed E-state index contributed by atoms with van der Waals surface area (Å²) in [5, 5.41) is 10.8. The lowest BCUT2D eigenvalue weighted by Crippen LogP contribution is -2.11. The molecule has 0 aliphatic heterocycles. The molecule has 0 aliphatic carbocycles. The molecule has 1 aromatic carbocycles. The zero-order valence-corrected chi connectivity index (χ0v) is 11.3. The van der Waals surface area contributed by atoms with E-state index in [2.05, 4.69) is 31.3 Å². The van der Waals surface area contributed by atoms with Crippen molar-refractivity contribution in [3.05, 3.63) is 44.8 Å². The van der Waals surface area contributed by atoms with E-state index < -0.39 is 16.4 Å². The van der Waals surface area contributed by atoms with Gasteiger partial charge in [0.2, 0.25) is 5.95 Å². The van der Waals surface area contributed by atoms with Crippen molar-refractivity contribution in [2.75, 3.05) is 5.43 Å². The van der Waals surface area contributed by atoms with E-state index in [1.54, 1.807) is 0 Å². The molecular formula is C10H7BrFN5O3. The third kappa shape index (κ3) is 2.97. The van der Waals surface area contributed by atoms with Crippen LogP contribution in [0.25, 0.3) is 0 Å². The highest BCUT2D eigenvalue weighted by atomic mass is 79.9. The summed E-state index contributed by atoms with van der Waals surface area (Å²) >= 11 is 2.98. The fourth-order valence-corrected chi connectivity index (χ4v) is 1.53. The second-order valence-electron chi connectivity index (χ2n) is 3.46. The Morgan fingerprint density at radius 3 is 2.85 bits per heavy atom. The van der Waals surface area contributed by atoms with Gasteiger partial charge in [0.1, 0.15) is 17.8 Å². The number of hydrogen-bond acceptors (Lipinski definition) is 7. The minimum absolute atomic E-state index is 0.0514. The molecule has 0 spiro atoms. The van der Waals surface area contributed by atoms with Gasteiger partial charge < -0.3 is 4.74 Å². The normalized spacial score (nSPS) is 10.2. The Morgan fingerprint density at radius 1 is 1.50 bits per heavy atom. The number of aromatic nitrogens is 2. The summed E-state index contributed by atoms with van der Waals surface area (Å²) in [6.45, 7) is 0. The molecule has 0 fully saturated rings. The van der Waals surface area contributed by atoms with Crippen molar-refractivity contribution in [3.63, 3.8) is 0 Å². The van der Waals surface area contributed by atoms with E-state index in [9.17, 15) is 14.5 Å². The molecule has 2 aromatic rings. The van der Waals surface area contributed by atoms with Crippen molar-refractivity contribution in [1.29, 1.82) is 0 Å². The van der Waals surface area contributed by atoms with Gasteiger partial charge in [-0.2, -0.15) is 4.98 Å². The van der Waals surface area contributed by atoms with E-state index in [0.29, 0.717) is 0 Å². The maximum absolute atomic E-state index is 13.4. The van der Waals surface area contributed by atoms with Gasteiger partial charge in [-0.1, -0.05) is 0 Å². The zero-order valence-electron chi connectivity index (χ0n) is 9.71. The third-order valence-electron chi connectivity index (χ3n) is 2.17. The first-order valence-corrected chi connectivity index (χ1v) is 5.91. The summed E-state index contributed by atoms with van der Waals surface area (Å²) in [5.74, 6) is 4.18. The molecular weight excluding hydrogens is 337 g/mol. The van der Waals surface area contributed by atoms with E-state index >= 15 is 0 Å². The highest BCUT2D eigenvalue weighted by Crippen LogP contribution is 2.30. The number of nitro groups is 1. The number of nitrogens with two attached hydrogens (primary N) is 1. The van der Waals surface area contributed by atoms with Crippen molar-refractivity contribution in [1.82, 2.24) is 9.97 Å². The molecule has 0 radical (unpaired) electrons. The predicted molar refractivity (Wildman–Crippen MR) is 70.7 cm³/mol. The monoisotopic (exact) mass is 343 g/mol. The SMILES string of the molecule is NNc1ncc([N+](=O)[O-])c(Oc2ccc(Br)c(F)c2)n1. The molecule has 0 bridgehead atoms. The number of hydrogen-bond donors (Lipinski definition) is 2. The molecule has 0 saturated heterocycles. The number of anilines is 1. The molecule has 3 N–H and O–H groups in total. The van der Waals surface area contributed by atoms with E-state index in [4.69, 9.17) is 10.6 Å². The van der Waals surface area contributed by atoms with Crippen molar-refractivity contribution in [3.8, 4) is 11.6 Å². The van der Waals surface area contributed by atoms with E-state index in [1.807, 2.05) is 0 Å². The standard InChI is InChI=1S/C10H7BrFN5O3/c11-6-2-1-5(3-7(6)12)20-9-8(17(18)19)4-14-10(15-9)16-13/h1-4H,13H2,(H,14,15,16). The number of nitrogens with one attached hydrogen (secondary N) is 1. The molecule has 0 amide bonds. The molecule has 1 heterocycles. The summed E-state index contributed by atoms with van der Waals surface area (Å²) in [6, 6.07) is 3.89. The largest absolute Gasteiger partial charge is 0.433 e. The number of ether oxygens (including phenoxy) is 1. The van der Waals surface area contributed by atoms with Gasteiger partial charge in [-0.3, -0.25) is 15.5 Å². The second-order valence-corrected chi connectivity index (χ2v) is 4.32. The Labute approximate surface area is 120 Å². The minimum atomic E-state index is -0.717. The van der Waals surface area contributed by atoms with Crippen LogP contribution in [-0.4, -0.2) is 14.9 Å². The first-order valence-electron chi connectivity index (χ1n) is 5.12.